The fourth-order valence-corrected chi connectivity index (χ4v) is 3.28. The standard InChI is InChI=1S/C19H21ClN2O2/c20-16-8-3-6-15(13-16)18(23)19(24)21-10-12-22-11-4-7-14-5-1-2-9-17(14)22/h1-3,5-6,8-9,13,18,23H,4,7,10-12H2,(H,21,24). The van der Waals surface area contributed by atoms with Crippen molar-refractivity contribution in [1.82, 2.24) is 5.32 Å². The quantitative estimate of drug-likeness (QED) is 0.876. The molecule has 0 saturated heterocycles. The molecule has 1 amide bonds. The van der Waals surface area contributed by atoms with Crippen LogP contribution in [0.3, 0.4) is 0 Å². The molecule has 0 saturated carbocycles. The Bertz CT molecular complexity index is 720. The molecule has 0 bridgehead atoms. The lowest BCUT2D eigenvalue weighted by Crippen LogP contribution is -2.39. The fraction of sp³-hybridized carbons (Fsp3) is 0.316. The molecule has 3 rings (SSSR count). The Balaban J connectivity index is 1.54. The first-order chi connectivity index (χ1) is 11.6. The third kappa shape index (κ3) is 3.89. The molecule has 1 unspecified atom stereocenters. The van der Waals surface area contributed by atoms with E-state index in [4.69, 9.17) is 11.6 Å². The summed E-state index contributed by atoms with van der Waals surface area (Å²) in [5.41, 5.74) is 3.10. The zero-order chi connectivity index (χ0) is 16.9. The van der Waals surface area contributed by atoms with E-state index in [-0.39, 0.29) is 0 Å². The maximum atomic E-state index is 12.1. The first-order valence-electron chi connectivity index (χ1n) is 8.19. The van der Waals surface area contributed by atoms with Crippen LogP contribution in [0.5, 0.6) is 0 Å². The van der Waals surface area contributed by atoms with Gasteiger partial charge < -0.3 is 15.3 Å². The maximum Gasteiger partial charge on any atom is 0.253 e. The molecule has 2 aromatic rings. The van der Waals surface area contributed by atoms with Crippen LogP contribution in [0, 0.1) is 0 Å². The van der Waals surface area contributed by atoms with Crippen molar-refractivity contribution in [3.05, 3.63) is 64.7 Å². The van der Waals surface area contributed by atoms with Gasteiger partial charge in [-0.3, -0.25) is 4.79 Å². The highest BCUT2D eigenvalue weighted by atomic mass is 35.5. The highest BCUT2D eigenvalue weighted by Crippen LogP contribution is 2.26. The van der Waals surface area contributed by atoms with Crippen LogP contribution in [-0.2, 0) is 11.2 Å². The molecule has 0 aromatic heterocycles. The van der Waals surface area contributed by atoms with Crippen molar-refractivity contribution in [3.8, 4) is 0 Å². The van der Waals surface area contributed by atoms with E-state index in [0.717, 1.165) is 25.9 Å². The molecule has 1 heterocycles. The van der Waals surface area contributed by atoms with Gasteiger partial charge in [-0.25, -0.2) is 0 Å². The molecule has 2 aromatic carbocycles. The minimum Gasteiger partial charge on any atom is -0.378 e. The molecule has 0 radical (unpaired) electrons. The smallest absolute Gasteiger partial charge is 0.253 e. The summed E-state index contributed by atoms with van der Waals surface area (Å²) >= 11 is 5.90. The average molecular weight is 345 g/mol. The highest BCUT2D eigenvalue weighted by Gasteiger charge is 2.19. The molecule has 24 heavy (non-hydrogen) atoms. The molecule has 5 heteroatoms. The number of hydrogen-bond acceptors (Lipinski definition) is 3. The second-order valence-electron chi connectivity index (χ2n) is 5.97. The van der Waals surface area contributed by atoms with Crippen molar-refractivity contribution < 1.29 is 9.90 Å². The molecule has 1 aliphatic heterocycles. The summed E-state index contributed by atoms with van der Waals surface area (Å²) in [5.74, 6) is -0.400. The monoisotopic (exact) mass is 344 g/mol. The highest BCUT2D eigenvalue weighted by molar-refractivity contribution is 6.30. The third-order valence-corrected chi connectivity index (χ3v) is 4.54. The van der Waals surface area contributed by atoms with E-state index in [1.807, 2.05) is 6.07 Å². The van der Waals surface area contributed by atoms with Gasteiger partial charge in [0.15, 0.2) is 6.10 Å². The van der Waals surface area contributed by atoms with Gasteiger partial charge in [0.1, 0.15) is 0 Å². The van der Waals surface area contributed by atoms with Gasteiger partial charge in [-0.05, 0) is 42.2 Å². The summed E-state index contributed by atoms with van der Waals surface area (Å²) in [6.45, 7) is 2.21. The number of nitrogens with zero attached hydrogens (tertiary/aromatic N) is 1. The molecule has 4 nitrogen and oxygen atoms in total. The predicted octanol–water partition coefficient (Wildman–Crippen LogP) is 2.94. The number of benzene rings is 2. The molecule has 0 spiro atoms. The van der Waals surface area contributed by atoms with E-state index in [0.29, 0.717) is 17.1 Å². The largest absolute Gasteiger partial charge is 0.378 e. The number of carbonyl (C=O) groups excluding carboxylic acids is 1. The lowest BCUT2D eigenvalue weighted by Gasteiger charge is -2.31. The number of aliphatic hydroxyl groups excluding tert-OH is 1. The minimum atomic E-state index is -1.20. The fourth-order valence-electron chi connectivity index (χ4n) is 3.08. The molecule has 0 aliphatic carbocycles. The lowest BCUT2D eigenvalue weighted by molar-refractivity contribution is -0.129. The Hall–Kier alpha value is -2.04. The first-order valence-corrected chi connectivity index (χ1v) is 8.57. The number of aryl methyl sites for hydroxylation is 1. The number of anilines is 1. The van der Waals surface area contributed by atoms with Gasteiger partial charge in [-0.1, -0.05) is 41.9 Å². The van der Waals surface area contributed by atoms with E-state index >= 15 is 0 Å². The number of para-hydroxylation sites is 1. The van der Waals surface area contributed by atoms with E-state index < -0.39 is 12.0 Å². The summed E-state index contributed by atoms with van der Waals surface area (Å²) in [7, 11) is 0. The second-order valence-corrected chi connectivity index (χ2v) is 6.40. The summed E-state index contributed by atoms with van der Waals surface area (Å²) < 4.78 is 0. The normalized spacial score (nSPS) is 14.8. The van der Waals surface area contributed by atoms with Crippen LogP contribution in [0.25, 0.3) is 0 Å². The van der Waals surface area contributed by atoms with Gasteiger partial charge in [0.05, 0.1) is 0 Å². The molecule has 1 aliphatic rings. The van der Waals surface area contributed by atoms with Crippen LogP contribution in [0.2, 0.25) is 5.02 Å². The van der Waals surface area contributed by atoms with Crippen LogP contribution < -0.4 is 10.2 Å². The molecule has 2 N–H and O–H groups in total. The Labute approximate surface area is 147 Å². The van der Waals surface area contributed by atoms with Crippen LogP contribution in [0.4, 0.5) is 5.69 Å². The van der Waals surface area contributed by atoms with Crippen molar-refractivity contribution in [2.24, 2.45) is 0 Å². The van der Waals surface area contributed by atoms with Crippen LogP contribution in [0.15, 0.2) is 48.5 Å². The molecule has 1 atom stereocenters. The van der Waals surface area contributed by atoms with Crippen molar-refractivity contribution >= 4 is 23.2 Å². The zero-order valence-electron chi connectivity index (χ0n) is 13.4. The number of hydrogen-bond donors (Lipinski definition) is 2. The molecular weight excluding hydrogens is 324 g/mol. The van der Waals surface area contributed by atoms with Gasteiger partial charge in [0.2, 0.25) is 0 Å². The SMILES string of the molecule is O=C(NCCN1CCCc2ccccc21)C(O)c1cccc(Cl)c1. The topological polar surface area (TPSA) is 52.6 Å². The van der Waals surface area contributed by atoms with Crippen LogP contribution in [0.1, 0.15) is 23.7 Å². The predicted molar refractivity (Wildman–Crippen MR) is 96.4 cm³/mol. The summed E-state index contributed by atoms with van der Waals surface area (Å²) in [4.78, 5) is 14.4. The summed E-state index contributed by atoms with van der Waals surface area (Å²) in [5, 5.41) is 13.4. The van der Waals surface area contributed by atoms with E-state index in [9.17, 15) is 9.90 Å². The van der Waals surface area contributed by atoms with Crippen molar-refractivity contribution in [2.75, 3.05) is 24.5 Å². The maximum absolute atomic E-state index is 12.1. The van der Waals surface area contributed by atoms with Gasteiger partial charge in [0.25, 0.3) is 5.91 Å². The van der Waals surface area contributed by atoms with Gasteiger partial charge in [0, 0.05) is 30.3 Å². The van der Waals surface area contributed by atoms with Crippen molar-refractivity contribution in [3.63, 3.8) is 0 Å². The van der Waals surface area contributed by atoms with E-state index in [1.54, 1.807) is 24.3 Å². The Morgan fingerprint density at radius 2 is 2.08 bits per heavy atom. The van der Waals surface area contributed by atoms with Crippen molar-refractivity contribution in [2.45, 2.75) is 18.9 Å². The molecule has 126 valence electrons. The minimum absolute atomic E-state index is 0.400. The van der Waals surface area contributed by atoms with Gasteiger partial charge in [-0.2, -0.15) is 0 Å². The Morgan fingerprint density at radius 1 is 1.25 bits per heavy atom. The average Bonchev–Trinajstić information content (AvgIpc) is 2.61. The van der Waals surface area contributed by atoms with Gasteiger partial charge >= 0.3 is 0 Å². The number of nitrogens with one attached hydrogen (secondary N) is 1. The lowest BCUT2D eigenvalue weighted by atomic mass is 10.0. The van der Waals surface area contributed by atoms with E-state index in [1.165, 1.54) is 11.3 Å². The first kappa shape index (κ1) is 16.8. The number of amides is 1. The summed E-state index contributed by atoms with van der Waals surface area (Å²) in [6, 6.07) is 15.1. The van der Waals surface area contributed by atoms with Gasteiger partial charge in [-0.15, -0.1) is 0 Å². The molecule has 0 fully saturated rings. The Kier molecular flexibility index (Phi) is 5.38. The number of halogens is 1. The van der Waals surface area contributed by atoms with Crippen LogP contribution >= 0.6 is 11.6 Å². The van der Waals surface area contributed by atoms with E-state index in [2.05, 4.69) is 28.4 Å². The second kappa shape index (κ2) is 7.69. The number of fused-ring (bicyclic) bond motifs is 1. The zero-order valence-corrected chi connectivity index (χ0v) is 14.2. The summed E-state index contributed by atoms with van der Waals surface area (Å²) in [6.07, 6.45) is 1.03. The third-order valence-electron chi connectivity index (χ3n) is 4.30. The number of aliphatic hydroxyl groups is 1. The van der Waals surface area contributed by atoms with Crippen LogP contribution in [-0.4, -0.2) is 30.6 Å². The molecular formula is C19H21ClN2O2. The Morgan fingerprint density at radius 3 is 2.92 bits per heavy atom. The number of rotatable bonds is 5. The number of carbonyl (C=O) groups is 1. The van der Waals surface area contributed by atoms with Crippen molar-refractivity contribution in [1.29, 1.82) is 0 Å².